The van der Waals surface area contributed by atoms with Crippen molar-refractivity contribution in [1.82, 2.24) is 10.6 Å². The number of urea groups is 1. The maximum absolute atomic E-state index is 12.0. The Balaban J connectivity index is 2.55. The van der Waals surface area contributed by atoms with Crippen LogP contribution in [0.2, 0.25) is 0 Å². The molecule has 4 N–H and O–H groups in total. The summed E-state index contributed by atoms with van der Waals surface area (Å²) in [6, 6.07) is 7.17. The van der Waals surface area contributed by atoms with Gasteiger partial charge in [-0.15, -0.1) is 0 Å². The maximum atomic E-state index is 12.0. The third kappa shape index (κ3) is 5.94. The van der Waals surface area contributed by atoms with Gasteiger partial charge >= 0.3 is 12.0 Å². The first-order valence-electron chi connectivity index (χ1n) is 6.51. The van der Waals surface area contributed by atoms with E-state index in [0.717, 1.165) is 0 Å². The van der Waals surface area contributed by atoms with Crippen LogP contribution in [-0.4, -0.2) is 37.6 Å². The highest BCUT2D eigenvalue weighted by Gasteiger charge is 2.21. The molecule has 1 atom stereocenters. The summed E-state index contributed by atoms with van der Waals surface area (Å²) in [6.07, 6.45) is 0.823. The summed E-state index contributed by atoms with van der Waals surface area (Å²) < 4.78 is 4.66. The van der Waals surface area contributed by atoms with Crippen LogP contribution < -0.4 is 16.4 Å². The number of hydrogen-bond donors (Lipinski definition) is 3. The summed E-state index contributed by atoms with van der Waals surface area (Å²) in [7, 11) is 1.26. The third-order valence-corrected chi connectivity index (χ3v) is 2.80. The van der Waals surface area contributed by atoms with Crippen molar-refractivity contribution in [2.45, 2.75) is 18.9 Å². The maximum Gasteiger partial charge on any atom is 0.328 e. The van der Waals surface area contributed by atoms with Crippen molar-refractivity contribution in [3.05, 3.63) is 35.9 Å². The molecule has 0 saturated carbocycles. The van der Waals surface area contributed by atoms with Crippen molar-refractivity contribution >= 4 is 17.9 Å². The predicted octanol–water partition coefficient (Wildman–Crippen LogP) is 0.407. The van der Waals surface area contributed by atoms with Crippen molar-refractivity contribution in [1.29, 1.82) is 0 Å². The van der Waals surface area contributed by atoms with Crippen LogP contribution in [0, 0.1) is 0 Å². The van der Waals surface area contributed by atoms with E-state index in [1.54, 1.807) is 30.3 Å². The predicted molar refractivity (Wildman–Crippen MR) is 76.5 cm³/mol. The Morgan fingerprint density at radius 1 is 1.24 bits per heavy atom. The van der Waals surface area contributed by atoms with Crippen molar-refractivity contribution in [3.63, 3.8) is 0 Å². The number of hydrogen-bond acceptors (Lipinski definition) is 4. The number of methoxy groups -OCH3 is 1. The van der Waals surface area contributed by atoms with Crippen LogP contribution in [0.25, 0.3) is 0 Å². The van der Waals surface area contributed by atoms with Crippen molar-refractivity contribution in [2.24, 2.45) is 5.73 Å². The van der Waals surface area contributed by atoms with Crippen molar-refractivity contribution < 1.29 is 19.1 Å². The normalized spacial score (nSPS) is 11.3. The molecule has 1 aromatic carbocycles. The molecule has 0 bridgehead atoms. The molecule has 0 aliphatic heterocycles. The molecule has 1 rings (SSSR count). The Labute approximate surface area is 122 Å². The van der Waals surface area contributed by atoms with Gasteiger partial charge in [-0.1, -0.05) is 18.2 Å². The first kappa shape index (κ1) is 16.5. The molecule has 3 amide bonds. The van der Waals surface area contributed by atoms with Gasteiger partial charge in [0.25, 0.3) is 5.91 Å². The molecule has 0 aromatic heterocycles. The van der Waals surface area contributed by atoms with Crippen molar-refractivity contribution in [3.8, 4) is 0 Å². The molecule has 1 aromatic rings. The highest BCUT2D eigenvalue weighted by Crippen LogP contribution is 2.03. The van der Waals surface area contributed by atoms with Gasteiger partial charge in [0, 0.05) is 12.1 Å². The van der Waals surface area contributed by atoms with Gasteiger partial charge < -0.3 is 21.1 Å². The number of carbonyl (C=O) groups is 3. The third-order valence-electron chi connectivity index (χ3n) is 2.80. The summed E-state index contributed by atoms with van der Waals surface area (Å²) in [5.41, 5.74) is 5.40. The van der Waals surface area contributed by atoms with E-state index in [-0.39, 0.29) is 5.91 Å². The molecule has 0 fully saturated rings. The van der Waals surface area contributed by atoms with Crippen LogP contribution in [0.1, 0.15) is 23.2 Å². The number of nitrogens with two attached hydrogens (primary N) is 1. The van der Waals surface area contributed by atoms with E-state index in [1.807, 2.05) is 0 Å². The lowest BCUT2D eigenvalue weighted by Gasteiger charge is -2.16. The molecule has 0 spiro atoms. The quantitative estimate of drug-likeness (QED) is 0.499. The fraction of sp³-hybridized carbons (Fsp3) is 0.357. The average molecular weight is 293 g/mol. The Bertz CT molecular complexity index is 490. The zero-order valence-corrected chi connectivity index (χ0v) is 11.8. The summed E-state index contributed by atoms with van der Waals surface area (Å²) in [5.74, 6) is -0.882. The van der Waals surface area contributed by atoms with Crippen LogP contribution in [0.4, 0.5) is 4.79 Å². The monoisotopic (exact) mass is 293 g/mol. The number of amides is 3. The largest absolute Gasteiger partial charge is 0.467 e. The Kier molecular flexibility index (Phi) is 6.73. The molecule has 114 valence electrons. The zero-order valence-electron chi connectivity index (χ0n) is 11.8. The second-order valence-corrected chi connectivity index (χ2v) is 4.35. The SMILES string of the molecule is COC(=O)[C@H](CCCNC(N)=O)NC(=O)c1ccccc1. The summed E-state index contributed by atoms with van der Waals surface area (Å²) in [6.45, 7) is 0.323. The Morgan fingerprint density at radius 2 is 1.90 bits per heavy atom. The molecular weight excluding hydrogens is 274 g/mol. The number of primary amides is 1. The summed E-state index contributed by atoms with van der Waals surface area (Å²) in [5, 5.41) is 5.03. The molecule has 0 aliphatic rings. The molecule has 7 heteroatoms. The van der Waals surface area contributed by atoms with Gasteiger partial charge in [-0.3, -0.25) is 4.79 Å². The fourth-order valence-electron chi connectivity index (χ4n) is 1.74. The molecule has 7 nitrogen and oxygen atoms in total. The number of ether oxygens (including phenoxy) is 1. The minimum absolute atomic E-state index is 0.323. The zero-order chi connectivity index (χ0) is 15.7. The van der Waals surface area contributed by atoms with E-state index < -0.39 is 18.0 Å². The average Bonchev–Trinajstić information content (AvgIpc) is 2.50. The molecule has 0 aliphatic carbocycles. The lowest BCUT2D eigenvalue weighted by Crippen LogP contribution is -2.42. The molecule has 0 heterocycles. The second-order valence-electron chi connectivity index (χ2n) is 4.35. The number of nitrogens with one attached hydrogen (secondary N) is 2. The van der Waals surface area contributed by atoms with E-state index >= 15 is 0 Å². The van der Waals surface area contributed by atoms with E-state index in [9.17, 15) is 14.4 Å². The molecule has 0 saturated heterocycles. The van der Waals surface area contributed by atoms with Crippen LogP contribution in [-0.2, 0) is 9.53 Å². The van der Waals surface area contributed by atoms with Crippen LogP contribution in [0.3, 0.4) is 0 Å². The number of esters is 1. The first-order valence-corrected chi connectivity index (χ1v) is 6.51. The van der Waals surface area contributed by atoms with E-state index in [2.05, 4.69) is 15.4 Å². The van der Waals surface area contributed by atoms with Gasteiger partial charge in [0.05, 0.1) is 7.11 Å². The fourth-order valence-corrected chi connectivity index (χ4v) is 1.74. The lowest BCUT2D eigenvalue weighted by atomic mass is 10.1. The number of carbonyl (C=O) groups excluding carboxylic acids is 3. The molecule has 0 radical (unpaired) electrons. The van der Waals surface area contributed by atoms with Gasteiger partial charge in [0.15, 0.2) is 0 Å². The van der Waals surface area contributed by atoms with Gasteiger partial charge in [-0.25, -0.2) is 9.59 Å². The van der Waals surface area contributed by atoms with E-state index in [1.165, 1.54) is 7.11 Å². The van der Waals surface area contributed by atoms with Gasteiger partial charge in [-0.05, 0) is 25.0 Å². The summed E-state index contributed by atoms with van der Waals surface area (Å²) >= 11 is 0. The first-order chi connectivity index (χ1) is 10.0. The lowest BCUT2D eigenvalue weighted by molar-refractivity contribution is -0.143. The van der Waals surface area contributed by atoms with Crippen LogP contribution >= 0.6 is 0 Å². The molecule has 21 heavy (non-hydrogen) atoms. The Morgan fingerprint density at radius 3 is 2.48 bits per heavy atom. The standard InChI is InChI=1S/C14H19N3O4/c1-21-13(19)11(8-5-9-16-14(15)20)17-12(18)10-6-3-2-4-7-10/h2-4,6-7,11H,5,8-9H2,1H3,(H,17,18)(H3,15,16,20)/t11-/m0/s1. The van der Waals surface area contributed by atoms with Crippen LogP contribution in [0.15, 0.2) is 30.3 Å². The minimum Gasteiger partial charge on any atom is -0.467 e. The van der Waals surface area contributed by atoms with Gasteiger partial charge in [-0.2, -0.15) is 0 Å². The van der Waals surface area contributed by atoms with E-state index in [0.29, 0.717) is 24.9 Å². The highest BCUT2D eigenvalue weighted by molar-refractivity contribution is 5.96. The summed E-state index contributed by atoms with van der Waals surface area (Å²) in [4.78, 5) is 34.2. The number of benzene rings is 1. The second kappa shape index (κ2) is 8.57. The smallest absolute Gasteiger partial charge is 0.328 e. The Hall–Kier alpha value is -2.57. The molecule has 0 unspecified atom stereocenters. The van der Waals surface area contributed by atoms with Gasteiger partial charge in [0.2, 0.25) is 0 Å². The minimum atomic E-state index is -0.766. The molecular formula is C14H19N3O4. The highest BCUT2D eigenvalue weighted by atomic mass is 16.5. The van der Waals surface area contributed by atoms with Crippen molar-refractivity contribution in [2.75, 3.05) is 13.7 Å². The van der Waals surface area contributed by atoms with E-state index in [4.69, 9.17) is 5.73 Å². The van der Waals surface area contributed by atoms with Gasteiger partial charge in [0.1, 0.15) is 6.04 Å². The van der Waals surface area contributed by atoms with Crippen LogP contribution in [0.5, 0.6) is 0 Å². The number of rotatable bonds is 7. The topological polar surface area (TPSA) is 111 Å².